The zero-order valence-corrected chi connectivity index (χ0v) is 10.2. The van der Waals surface area contributed by atoms with Gasteiger partial charge < -0.3 is 5.11 Å². The van der Waals surface area contributed by atoms with Crippen LogP contribution in [0.3, 0.4) is 0 Å². The lowest BCUT2D eigenvalue weighted by atomic mass is 10.1. The van der Waals surface area contributed by atoms with Gasteiger partial charge in [0.2, 0.25) is 0 Å². The number of carboxylic acids is 1. The minimum Gasteiger partial charge on any atom is -0.478 e. The second-order valence-electron chi connectivity index (χ2n) is 3.75. The first-order valence-electron chi connectivity index (χ1n) is 5.22. The number of hydrogen-bond acceptors (Lipinski definition) is 2. The molecule has 2 nitrogen and oxygen atoms in total. The monoisotopic (exact) mass is 244 g/mol. The summed E-state index contributed by atoms with van der Waals surface area (Å²) < 4.78 is 0. The highest BCUT2D eigenvalue weighted by atomic mass is 32.1. The van der Waals surface area contributed by atoms with E-state index in [1.54, 1.807) is 6.08 Å². The maximum Gasteiger partial charge on any atom is 0.337 e. The Morgan fingerprint density at radius 3 is 2.71 bits per heavy atom. The number of benzene rings is 1. The Morgan fingerprint density at radius 1 is 1.29 bits per heavy atom. The van der Waals surface area contributed by atoms with Gasteiger partial charge in [-0.25, -0.2) is 4.79 Å². The van der Waals surface area contributed by atoms with Gasteiger partial charge in [-0.3, -0.25) is 0 Å². The molecule has 0 aliphatic carbocycles. The van der Waals surface area contributed by atoms with Gasteiger partial charge in [0.1, 0.15) is 0 Å². The van der Waals surface area contributed by atoms with Crippen molar-refractivity contribution in [3.8, 4) is 0 Å². The van der Waals surface area contributed by atoms with Crippen LogP contribution >= 0.6 is 11.3 Å². The van der Waals surface area contributed by atoms with E-state index in [4.69, 9.17) is 0 Å². The largest absolute Gasteiger partial charge is 0.478 e. The number of rotatable bonds is 3. The molecule has 0 saturated carbocycles. The minimum absolute atomic E-state index is 0.339. The van der Waals surface area contributed by atoms with Crippen molar-refractivity contribution in [3.63, 3.8) is 0 Å². The van der Waals surface area contributed by atoms with Crippen molar-refractivity contribution in [2.75, 3.05) is 0 Å². The molecule has 3 heteroatoms. The zero-order valence-electron chi connectivity index (χ0n) is 9.38. The van der Waals surface area contributed by atoms with E-state index in [0.717, 1.165) is 16.0 Å². The van der Waals surface area contributed by atoms with E-state index < -0.39 is 5.97 Å². The molecule has 0 spiro atoms. The molecular weight excluding hydrogens is 232 g/mol. The highest BCUT2D eigenvalue weighted by Crippen LogP contribution is 2.23. The van der Waals surface area contributed by atoms with E-state index in [1.807, 2.05) is 48.7 Å². The molecule has 1 aromatic heterocycles. The SMILES string of the molecule is Cc1cccc(C=C(C(=O)O)c2cccs2)c1. The number of aliphatic carboxylic acids is 1. The molecule has 0 unspecified atom stereocenters. The summed E-state index contributed by atoms with van der Waals surface area (Å²) >= 11 is 1.43. The van der Waals surface area contributed by atoms with Crippen LogP contribution in [0, 0.1) is 6.92 Å². The standard InChI is InChI=1S/C14H12O2S/c1-10-4-2-5-11(8-10)9-12(14(15)16)13-6-3-7-17-13/h2-9H,1H3,(H,15,16). The first kappa shape index (κ1) is 11.6. The van der Waals surface area contributed by atoms with Gasteiger partial charge in [-0.1, -0.05) is 35.9 Å². The van der Waals surface area contributed by atoms with Gasteiger partial charge in [-0.05, 0) is 30.0 Å². The third-order valence-corrected chi connectivity index (χ3v) is 3.27. The lowest BCUT2D eigenvalue weighted by molar-refractivity contribution is -0.130. The predicted molar refractivity (Wildman–Crippen MR) is 71.0 cm³/mol. The fourth-order valence-corrected chi connectivity index (χ4v) is 2.33. The fourth-order valence-electron chi connectivity index (χ4n) is 1.60. The summed E-state index contributed by atoms with van der Waals surface area (Å²) in [6.45, 7) is 1.99. The molecule has 1 heterocycles. The van der Waals surface area contributed by atoms with Crippen molar-refractivity contribution in [2.45, 2.75) is 6.92 Å². The Labute approximate surface area is 104 Å². The topological polar surface area (TPSA) is 37.3 Å². The van der Waals surface area contributed by atoms with Crippen LogP contribution in [0.15, 0.2) is 41.8 Å². The van der Waals surface area contributed by atoms with Crippen LogP contribution in [-0.2, 0) is 4.79 Å². The third-order valence-electron chi connectivity index (χ3n) is 2.37. The molecule has 1 N–H and O–H groups in total. The Kier molecular flexibility index (Phi) is 3.40. The Morgan fingerprint density at radius 2 is 2.12 bits per heavy atom. The summed E-state index contributed by atoms with van der Waals surface area (Å²) in [5.74, 6) is -0.894. The molecule has 0 fully saturated rings. The van der Waals surface area contributed by atoms with Crippen molar-refractivity contribution in [3.05, 3.63) is 57.8 Å². The van der Waals surface area contributed by atoms with Crippen LogP contribution in [0.25, 0.3) is 11.6 Å². The van der Waals surface area contributed by atoms with Gasteiger partial charge in [-0.15, -0.1) is 11.3 Å². The van der Waals surface area contributed by atoms with Crippen LogP contribution < -0.4 is 0 Å². The molecule has 86 valence electrons. The van der Waals surface area contributed by atoms with E-state index in [2.05, 4.69) is 0 Å². The van der Waals surface area contributed by atoms with Gasteiger partial charge in [0.05, 0.1) is 5.57 Å². The highest BCUT2D eigenvalue weighted by Gasteiger charge is 2.11. The van der Waals surface area contributed by atoms with Crippen LogP contribution in [0.5, 0.6) is 0 Å². The molecule has 0 atom stereocenters. The number of carboxylic acid groups (broad SMARTS) is 1. The second-order valence-corrected chi connectivity index (χ2v) is 4.70. The van der Waals surface area contributed by atoms with Gasteiger partial charge in [-0.2, -0.15) is 0 Å². The van der Waals surface area contributed by atoms with Crippen molar-refractivity contribution >= 4 is 29.0 Å². The molecule has 0 aliphatic rings. The first-order chi connectivity index (χ1) is 8.16. The number of thiophene rings is 1. The van der Waals surface area contributed by atoms with E-state index in [0.29, 0.717) is 5.57 Å². The lowest BCUT2D eigenvalue weighted by Crippen LogP contribution is -1.97. The molecule has 0 amide bonds. The summed E-state index contributed by atoms with van der Waals surface area (Å²) in [6, 6.07) is 11.5. The number of carbonyl (C=O) groups is 1. The number of aryl methyl sites for hydroxylation is 1. The average molecular weight is 244 g/mol. The molecule has 2 rings (SSSR count). The molecule has 17 heavy (non-hydrogen) atoms. The van der Waals surface area contributed by atoms with Crippen LogP contribution in [0.2, 0.25) is 0 Å². The van der Waals surface area contributed by atoms with Crippen molar-refractivity contribution in [1.29, 1.82) is 0 Å². The lowest BCUT2D eigenvalue weighted by Gasteiger charge is -2.00. The summed E-state index contributed by atoms with van der Waals surface area (Å²) in [4.78, 5) is 12.0. The maximum absolute atomic E-state index is 11.2. The fraction of sp³-hybridized carbons (Fsp3) is 0.0714. The zero-order chi connectivity index (χ0) is 12.3. The van der Waals surface area contributed by atoms with Gasteiger partial charge >= 0.3 is 5.97 Å². The van der Waals surface area contributed by atoms with E-state index >= 15 is 0 Å². The van der Waals surface area contributed by atoms with Crippen molar-refractivity contribution < 1.29 is 9.90 Å². The summed E-state index contributed by atoms with van der Waals surface area (Å²) in [7, 11) is 0. The highest BCUT2D eigenvalue weighted by molar-refractivity contribution is 7.11. The van der Waals surface area contributed by atoms with Crippen LogP contribution in [0.4, 0.5) is 0 Å². The third kappa shape index (κ3) is 2.82. The van der Waals surface area contributed by atoms with E-state index in [9.17, 15) is 9.90 Å². The van der Waals surface area contributed by atoms with E-state index in [-0.39, 0.29) is 0 Å². The molecule has 0 radical (unpaired) electrons. The maximum atomic E-state index is 11.2. The molecule has 1 aromatic carbocycles. The molecule has 0 bridgehead atoms. The molecule has 0 saturated heterocycles. The Hall–Kier alpha value is -1.87. The summed E-state index contributed by atoms with van der Waals surface area (Å²) in [5.41, 5.74) is 2.37. The van der Waals surface area contributed by atoms with Gasteiger partial charge in [0.15, 0.2) is 0 Å². The minimum atomic E-state index is -0.894. The van der Waals surface area contributed by atoms with Crippen LogP contribution in [-0.4, -0.2) is 11.1 Å². The summed E-state index contributed by atoms with van der Waals surface area (Å²) in [6.07, 6.45) is 1.71. The van der Waals surface area contributed by atoms with Gasteiger partial charge in [0.25, 0.3) is 0 Å². The molecule has 2 aromatic rings. The predicted octanol–water partition coefficient (Wildman–Crippen LogP) is 3.68. The summed E-state index contributed by atoms with van der Waals surface area (Å²) in [5, 5.41) is 11.1. The Bertz CT molecular complexity index is 553. The smallest absolute Gasteiger partial charge is 0.337 e. The Balaban J connectivity index is 2.44. The van der Waals surface area contributed by atoms with Crippen LogP contribution in [0.1, 0.15) is 16.0 Å². The quantitative estimate of drug-likeness (QED) is 0.836. The van der Waals surface area contributed by atoms with Crippen molar-refractivity contribution in [1.82, 2.24) is 0 Å². The molecular formula is C14H12O2S. The number of hydrogen-bond donors (Lipinski definition) is 1. The van der Waals surface area contributed by atoms with Gasteiger partial charge in [0, 0.05) is 4.88 Å². The normalized spacial score (nSPS) is 11.5. The second kappa shape index (κ2) is 4.97. The first-order valence-corrected chi connectivity index (χ1v) is 6.10. The average Bonchev–Trinajstić information content (AvgIpc) is 2.78. The van der Waals surface area contributed by atoms with Crippen molar-refractivity contribution in [2.24, 2.45) is 0 Å². The molecule has 0 aliphatic heterocycles. The van der Waals surface area contributed by atoms with E-state index in [1.165, 1.54) is 11.3 Å².